The Morgan fingerprint density at radius 3 is 2.61 bits per heavy atom. The Labute approximate surface area is 109 Å². The van der Waals surface area contributed by atoms with Crippen LogP contribution in [0.25, 0.3) is 0 Å². The van der Waals surface area contributed by atoms with Gasteiger partial charge in [-0.25, -0.2) is 0 Å². The number of nitrogens with one attached hydrogen (secondary N) is 1. The van der Waals surface area contributed by atoms with Gasteiger partial charge in [0, 0.05) is 12.6 Å². The molecule has 0 saturated carbocycles. The number of carbonyl (C=O) groups is 1. The summed E-state index contributed by atoms with van der Waals surface area (Å²) >= 11 is 0. The molecule has 0 fully saturated rings. The number of carbonyl (C=O) groups excluding carboxylic acids is 1. The van der Waals surface area contributed by atoms with E-state index in [2.05, 4.69) is 43.4 Å². The largest absolute Gasteiger partial charge is 0.370 e. The molecule has 0 saturated heterocycles. The molecular weight excluding hydrogens is 228 g/mol. The van der Waals surface area contributed by atoms with Crippen LogP contribution in [-0.4, -0.2) is 25.7 Å². The minimum atomic E-state index is -0.432. The third-order valence-electron chi connectivity index (χ3n) is 2.83. The Balaban J connectivity index is 2.27. The van der Waals surface area contributed by atoms with Crippen LogP contribution in [0.4, 0.5) is 0 Å². The van der Waals surface area contributed by atoms with Gasteiger partial charge in [-0.2, -0.15) is 0 Å². The fourth-order valence-electron chi connectivity index (χ4n) is 1.68. The van der Waals surface area contributed by atoms with Gasteiger partial charge in [0.05, 0.1) is 6.61 Å². The number of primary amides is 1. The molecule has 0 heterocycles. The number of hydrogen-bond donors (Lipinski definition) is 2. The van der Waals surface area contributed by atoms with Crippen molar-refractivity contribution < 1.29 is 9.53 Å². The molecule has 0 aliphatic heterocycles. The second-order valence-corrected chi connectivity index (χ2v) is 4.29. The van der Waals surface area contributed by atoms with E-state index in [1.54, 1.807) is 0 Å². The second-order valence-electron chi connectivity index (χ2n) is 4.29. The second kappa shape index (κ2) is 7.84. The van der Waals surface area contributed by atoms with Gasteiger partial charge in [0.1, 0.15) is 6.61 Å². The van der Waals surface area contributed by atoms with E-state index in [4.69, 9.17) is 10.5 Å². The lowest BCUT2D eigenvalue weighted by Gasteiger charge is -2.14. The molecule has 3 N–H and O–H groups in total. The molecule has 100 valence electrons. The van der Waals surface area contributed by atoms with Crippen LogP contribution in [0.3, 0.4) is 0 Å². The molecule has 0 aromatic heterocycles. The SMILES string of the molecule is CCc1ccc(C(C)NCCOCC(N)=O)cc1. The van der Waals surface area contributed by atoms with E-state index >= 15 is 0 Å². The zero-order valence-electron chi connectivity index (χ0n) is 11.1. The number of rotatable bonds is 8. The number of benzene rings is 1. The van der Waals surface area contributed by atoms with Gasteiger partial charge in [-0.15, -0.1) is 0 Å². The predicted octanol–water partition coefficient (Wildman–Crippen LogP) is 1.40. The fraction of sp³-hybridized carbons (Fsp3) is 0.500. The molecule has 1 atom stereocenters. The quantitative estimate of drug-likeness (QED) is 0.685. The van der Waals surface area contributed by atoms with E-state index in [0.29, 0.717) is 13.2 Å². The van der Waals surface area contributed by atoms with Crippen molar-refractivity contribution in [2.75, 3.05) is 19.8 Å². The lowest BCUT2D eigenvalue weighted by atomic mass is 10.1. The molecule has 4 nitrogen and oxygen atoms in total. The van der Waals surface area contributed by atoms with Crippen LogP contribution in [0.5, 0.6) is 0 Å². The van der Waals surface area contributed by atoms with Crippen LogP contribution < -0.4 is 11.1 Å². The van der Waals surface area contributed by atoms with Gasteiger partial charge in [0.25, 0.3) is 0 Å². The van der Waals surface area contributed by atoms with E-state index in [1.165, 1.54) is 11.1 Å². The van der Waals surface area contributed by atoms with Crippen molar-refractivity contribution in [3.63, 3.8) is 0 Å². The third-order valence-corrected chi connectivity index (χ3v) is 2.83. The Morgan fingerprint density at radius 2 is 2.06 bits per heavy atom. The minimum Gasteiger partial charge on any atom is -0.370 e. The highest BCUT2D eigenvalue weighted by molar-refractivity contribution is 5.74. The number of aryl methyl sites for hydroxylation is 1. The maximum Gasteiger partial charge on any atom is 0.243 e. The maximum atomic E-state index is 10.5. The Bertz CT molecular complexity index is 363. The molecule has 0 spiro atoms. The van der Waals surface area contributed by atoms with E-state index < -0.39 is 5.91 Å². The molecule has 0 aliphatic carbocycles. The molecule has 1 aromatic carbocycles. The summed E-state index contributed by atoms with van der Waals surface area (Å²) in [7, 11) is 0. The molecule has 4 heteroatoms. The molecular formula is C14H22N2O2. The first-order valence-corrected chi connectivity index (χ1v) is 6.31. The topological polar surface area (TPSA) is 64.3 Å². The Hall–Kier alpha value is -1.39. The van der Waals surface area contributed by atoms with Gasteiger partial charge in [-0.05, 0) is 24.5 Å². The molecule has 0 radical (unpaired) electrons. The third kappa shape index (κ3) is 5.29. The first-order chi connectivity index (χ1) is 8.63. The minimum absolute atomic E-state index is 0.0126. The zero-order valence-corrected chi connectivity index (χ0v) is 11.1. The highest BCUT2D eigenvalue weighted by Gasteiger charge is 2.04. The van der Waals surface area contributed by atoms with Crippen molar-refractivity contribution in [2.45, 2.75) is 26.3 Å². The predicted molar refractivity (Wildman–Crippen MR) is 72.3 cm³/mol. The highest BCUT2D eigenvalue weighted by atomic mass is 16.5. The summed E-state index contributed by atoms with van der Waals surface area (Å²) in [5.41, 5.74) is 7.56. The first kappa shape index (κ1) is 14.7. The number of ether oxygens (including phenoxy) is 1. The molecule has 0 aliphatic rings. The maximum absolute atomic E-state index is 10.5. The molecule has 1 rings (SSSR count). The summed E-state index contributed by atoms with van der Waals surface area (Å²) in [5, 5.41) is 3.33. The van der Waals surface area contributed by atoms with E-state index in [0.717, 1.165) is 6.42 Å². The van der Waals surface area contributed by atoms with Crippen molar-refractivity contribution in [2.24, 2.45) is 5.73 Å². The summed E-state index contributed by atoms with van der Waals surface area (Å²) in [6.07, 6.45) is 1.06. The fourth-order valence-corrected chi connectivity index (χ4v) is 1.68. The van der Waals surface area contributed by atoms with Crippen LogP contribution in [0.1, 0.15) is 31.0 Å². The van der Waals surface area contributed by atoms with Gasteiger partial charge in [0.15, 0.2) is 0 Å². The molecule has 0 bridgehead atoms. The molecule has 1 amide bonds. The van der Waals surface area contributed by atoms with Crippen LogP contribution in [0.15, 0.2) is 24.3 Å². The van der Waals surface area contributed by atoms with Crippen molar-refractivity contribution in [1.82, 2.24) is 5.32 Å². The van der Waals surface area contributed by atoms with Crippen LogP contribution in [0, 0.1) is 0 Å². The van der Waals surface area contributed by atoms with Crippen molar-refractivity contribution >= 4 is 5.91 Å². The van der Waals surface area contributed by atoms with Crippen molar-refractivity contribution in [1.29, 1.82) is 0 Å². The highest BCUT2D eigenvalue weighted by Crippen LogP contribution is 2.13. The van der Waals surface area contributed by atoms with E-state index in [-0.39, 0.29) is 12.6 Å². The lowest BCUT2D eigenvalue weighted by molar-refractivity contribution is -0.122. The van der Waals surface area contributed by atoms with Gasteiger partial charge in [-0.1, -0.05) is 31.2 Å². The summed E-state index contributed by atoms with van der Waals surface area (Å²) in [6, 6.07) is 8.85. The van der Waals surface area contributed by atoms with E-state index in [9.17, 15) is 4.79 Å². The number of hydrogen-bond acceptors (Lipinski definition) is 3. The Kier molecular flexibility index (Phi) is 6.39. The first-order valence-electron chi connectivity index (χ1n) is 6.31. The van der Waals surface area contributed by atoms with Crippen LogP contribution in [-0.2, 0) is 16.0 Å². The zero-order chi connectivity index (χ0) is 13.4. The van der Waals surface area contributed by atoms with Gasteiger partial charge in [0.2, 0.25) is 5.91 Å². The summed E-state index contributed by atoms with van der Waals surface area (Å²) in [6.45, 7) is 5.42. The summed E-state index contributed by atoms with van der Waals surface area (Å²) < 4.78 is 5.08. The molecule has 18 heavy (non-hydrogen) atoms. The monoisotopic (exact) mass is 250 g/mol. The van der Waals surface area contributed by atoms with Gasteiger partial charge >= 0.3 is 0 Å². The van der Waals surface area contributed by atoms with Gasteiger partial charge < -0.3 is 15.8 Å². The van der Waals surface area contributed by atoms with Crippen molar-refractivity contribution in [3.05, 3.63) is 35.4 Å². The van der Waals surface area contributed by atoms with Crippen LogP contribution in [0.2, 0.25) is 0 Å². The number of nitrogens with two attached hydrogens (primary N) is 1. The smallest absolute Gasteiger partial charge is 0.243 e. The average Bonchev–Trinajstić information content (AvgIpc) is 2.38. The lowest BCUT2D eigenvalue weighted by Crippen LogP contribution is -2.25. The average molecular weight is 250 g/mol. The van der Waals surface area contributed by atoms with Crippen molar-refractivity contribution in [3.8, 4) is 0 Å². The Morgan fingerprint density at radius 1 is 1.39 bits per heavy atom. The van der Waals surface area contributed by atoms with E-state index in [1.807, 2.05) is 0 Å². The molecule has 1 unspecified atom stereocenters. The number of amides is 1. The summed E-state index contributed by atoms with van der Waals surface area (Å²) in [4.78, 5) is 10.5. The standard InChI is InChI=1S/C14H22N2O2/c1-3-12-4-6-13(7-5-12)11(2)16-8-9-18-10-14(15)17/h4-7,11,16H,3,8-10H2,1-2H3,(H2,15,17). The van der Waals surface area contributed by atoms with Crippen LogP contribution >= 0.6 is 0 Å². The molecule has 1 aromatic rings. The summed E-state index contributed by atoms with van der Waals surface area (Å²) in [5.74, 6) is -0.432. The van der Waals surface area contributed by atoms with Gasteiger partial charge in [-0.3, -0.25) is 4.79 Å². The normalized spacial score (nSPS) is 12.3.